The molecule has 1 unspecified atom stereocenters. The van der Waals surface area contributed by atoms with E-state index in [1.807, 2.05) is 69.8 Å². The summed E-state index contributed by atoms with van der Waals surface area (Å²) in [4.78, 5) is 133. The first kappa shape index (κ1) is 65.7. The number of ether oxygens (including phenoxy) is 2. The van der Waals surface area contributed by atoms with E-state index in [4.69, 9.17) is 14.5 Å². The molecule has 0 saturated carbocycles. The molecule has 4 rings (SSSR count). The van der Waals surface area contributed by atoms with Crippen LogP contribution in [0, 0.1) is 23.7 Å². The van der Waals surface area contributed by atoms with Crippen LogP contribution >= 0.6 is 11.8 Å². The van der Waals surface area contributed by atoms with Crippen molar-refractivity contribution in [3.8, 4) is 0 Å². The minimum absolute atomic E-state index is 0.000654. The second kappa shape index (κ2) is 31.8. The molecule has 23 heteroatoms. The first-order valence-corrected chi connectivity index (χ1v) is 28.9. The highest BCUT2D eigenvalue weighted by atomic mass is 32.2. The van der Waals surface area contributed by atoms with Crippen LogP contribution in [0.4, 0.5) is 0 Å². The number of carbonyl (C=O) groups is 9. The Hall–Kier alpha value is -5.81. The van der Waals surface area contributed by atoms with Gasteiger partial charge in [-0.25, -0.2) is 9.79 Å². The van der Waals surface area contributed by atoms with Crippen molar-refractivity contribution in [2.75, 3.05) is 86.9 Å². The second-order valence-electron chi connectivity index (χ2n) is 21.8. The number of nitrogens with zero attached hydrogens (tertiary/aromatic N) is 7. The summed E-state index contributed by atoms with van der Waals surface area (Å²) in [5.74, 6) is -5.48. The number of piperazine rings is 1. The fourth-order valence-electron chi connectivity index (χ4n) is 10.7. The highest BCUT2D eigenvalue weighted by Gasteiger charge is 2.44. The first-order chi connectivity index (χ1) is 37.4. The Bertz CT molecular complexity index is 2260. The summed E-state index contributed by atoms with van der Waals surface area (Å²) >= 11 is 1.11. The molecule has 3 saturated heterocycles. The van der Waals surface area contributed by atoms with E-state index in [0.29, 0.717) is 83.6 Å². The summed E-state index contributed by atoms with van der Waals surface area (Å²) in [6, 6.07) is 6.13. The molecular formula is C56H89N9O13S. The van der Waals surface area contributed by atoms with Crippen molar-refractivity contribution in [3.05, 3.63) is 35.9 Å². The van der Waals surface area contributed by atoms with Crippen LogP contribution in [0.15, 0.2) is 35.3 Å². The van der Waals surface area contributed by atoms with Crippen molar-refractivity contribution < 1.29 is 62.8 Å². The van der Waals surface area contributed by atoms with Gasteiger partial charge in [0.2, 0.25) is 41.4 Å². The molecule has 79 heavy (non-hydrogen) atoms. The lowest BCUT2D eigenvalue weighted by atomic mass is 9.89. The van der Waals surface area contributed by atoms with Crippen molar-refractivity contribution in [1.82, 2.24) is 40.0 Å². The monoisotopic (exact) mass is 1130 g/mol. The molecule has 22 nitrogen and oxygen atoms in total. The predicted molar refractivity (Wildman–Crippen MR) is 300 cm³/mol. The van der Waals surface area contributed by atoms with E-state index in [2.05, 4.69) is 15.5 Å². The molecule has 3 aliphatic rings. The lowest BCUT2D eigenvalue weighted by molar-refractivity contribution is -0.147. The number of nitrogens with one attached hydrogen (secondary N) is 2. The van der Waals surface area contributed by atoms with Gasteiger partial charge in [0.1, 0.15) is 12.1 Å². The molecule has 0 radical (unpaired) electrons. The zero-order valence-electron chi connectivity index (χ0n) is 48.4. The SMILES string of the molecule is CC[C@H](C)[C@@H]([C@@H](CC(=O)N1CCC[C@H]1[C@H](OC)[C@@H](C)C(=O)N[C@@H](Cc1ccccc1)C(=O)O)OC)N(C)C(=O)[C@@H](N=C(N(C)C)N1CCN(C(=O)CCCCCN2C(=O)CC(SC[C@H](CNC(C)=O)C(=O)O)C2=O)CC1)C(C)C. The number of carbonyl (C=O) groups excluding carboxylic acids is 7. The van der Waals surface area contributed by atoms with Gasteiger partial charge in [-0.3, -0.25) is 43.3 Å². The van der Waals surface area contributed by atoms with E-state index < -0.39 is 71.3 Å². The molecule has 442 valence electrons. The lowest BCUT2D eigenvalue weighted by Crippen LogP contribution is -2.56. The van der Waals surface area contributed by atoms with Gasteiger partial charge in [-0.1, -0.05) is 77.8 Å². The van der Waals surface area contributed by atoms with Crippen molar-refractivity contribution in [3.63, 3.8) is 0 Å². The number of methoxy groups -OCH3 is 2. The summed E-state index contributed by atoms with van der Waals surface area (Å²) in [6.07, 6.45) is 2.61. The molecule has 1 aromatic carbocycles. The van der Waals surface area contributed by atoms with Gasteiger partial charge in [-0.2, -0.15) is 0 Å². The third-order valence-electron chi connectivity index (χ3n) is 15.5. The van der Waals surface area contributed by atoms with Gasteiger partial charge in [0, 0.05) is 113 Å². The number of aliphatic imine (C=N–C) groups is 1. The topological polar surface area (TPSA) is 268 Å². The first-order valence-electron chi connectivity index (χ1n) is 27.9. The lowest BCUT2D eigenvalue weighted by Gasteiger charge is -2.41. The Morgan fingerprint density at radius 1 is 0.861 bits per heavy atom. The van der Waals surface area contributed by atoms with E-state index in [1.54, 1.807) is 43.0 Å². The maximum absolute atomic E-state index is 14.8. The fourth-order valence-corrected chi connectivity index (χ4v) is 12.0. The molecule has 3 heterocycles. The number of imide groups is 1. The van der Waals surface area contributed by atoms with Crippen LogP contribution in [0.3, 0.4) is 0 Å². The highest BCUT2D eigenvalue weighted by molar-refractivity contribution is 8.00. The number of guanidine groups is 1. The summed E-state index contributed by atoms with van der Waals surface area (Å²) < 4.78 is 12.0. The van der Waals surface area contributed by atoms with Crippen molar-refractivity contribution in [1.29, 1.82) is 0 Å². The summed E-state index contributed by atoms with van der Waals surface area (Å²) in [7, 11) is 8.51. The number of amides is 7. The average molecular weight is 1130 g/mol. The maximum Gasteiger partial charge on any atom is 0.326 e. The number of likely N-dealkylation sites (tertiary alicyclic amines) is 2. The smallest absolute Gasteiger partial charge is 0.326 e. The molecular weight excluding hydrogens is 1040 g/mol. The third-order valence-corrected chi connectivity index (χ3v) is 16.9. The normalized spacial score (nSPS) is 20.0. The fraction of sp³-hybridized carbons (Fsp3) is 0.714. The number of carboxylic acids is 2. The number of rotatable bonds is 30. The minimum Gasteiger partial charge on any atom is -0.481 e. The number of hydrogen-bond donors (Lipinski definition) is 4. The Balaban J connectivity index is 1.34. The third kappa shape index (κ3) is 18.6. The number of likely N-dealkylation sites (N-methyl/N-ethyl adjacent to an activating group) is 1. The van der Waals surface area contributed by atoms with Gasteiger partial charge in [0.15, 0.2) is 5.96 Å². The van der Waals surface area contributed by atoms with E-state index in [1.165, 1.54) is 18.9 Å². The standard InChI is InChI=1S/C56H89N9O13S/c1-12-36(4)49(43(77-10)31-46(68)64-25-19-22-42(64)50(78-11)37(5)51(70)58-41(55(75)76)30-39-20-15-13-16-21-39)61(9)53(72)48(35(2)3)59-56(60(7)8)63-28-26-62(27-29-63)45(67)23-17-14-18-24-65-47(69)32-44(52(65)71)79-34-40(54(73)74)33-57-38(6)66/h13,15-16,20-21,35-37,40-44,48-50H,12,14,17-19,22-34H2,1-11H3,(H,57,66)(H,58,70)(H,73,74)(H,75,76)/t36-,37+,40-,41-,42-,43+,44?,48-,49-,50+/m0/s1. The minimum atomic E-state index is -1.16. The van der Waals surface area contributed by atoms with Crippen LogP contribution in [-0.4, -0.2) is 227 Å². The van der Waals surface area contributed by atoms with Gasteiger partial charge in [-0.15, -0.1) is 11.8 Å². The van der Waals surface area contributed by atoms with Crippen LogP contribution in [0.25, 0.3) is 0 Å². The average Bonchev–Trinajstić information content (AvgIpc) is 4.01. The summed E-state index contributed by atoms with van der Waals surface area (Å²) in [5.41, 5.74) is 0.767. The van der Waals surface area contributed by atoms with Crippen LogP contribution in [0.5, 0.6) is 0 Å². The van der Waals surface area contributed by atoms with Gasteiger partial charge in [0.05, 0.1) is 47.8 Å². The molecule has 0 spiro atoms. The van der Waals surface area contributed by atoms with Crippen LogP contribution < -0.4 is 10.6 Å². The Morgan fingerprint density at radius 3 is 2.09 bits per heavy atom. The van der Waals surface area contributed by atoms with Gasteiger partial charge >= 0.3 is 11.9 Å². The highest BCUT2D eigenvalue weighted by Crippen LogP contribution is 2.31. The van der Waals surface area contributed by atoms with Gasteiger partial charge in [-0.05, 0) is 43.1 Å². The quantitative estimate of drug-likeness (QED) is 0.0373. The molecule has 4 N–H and O–H groups in total. The number of carboxylic acid groups (broad SMARTS) is 2. The zero-order valence-corrected chi connectivity index (χ0v) is 49.2. The number of hydrogen-bond acceptors (Lipinski definition) is 13. The molecule has 3 fully saturated rings. The predicted octanol–water partition coefficient (Wildman–Crippen LogP) is 3.06. The van der Waals surface area contributed by atoms with Crippen LogP contribution in [0.2, 0.25) is 0 Å². The van der Waals surface area contributed by atoms with E-state index in [-0.39, 0.29) is 85.4 Å². The number of thioether (sulfide) groups is 1. The summed E-state index contributed by atoms with van der Waals surface area (Å²) in [5, 5.41) is 24.0. The van der Waals surface area contributed by atoms with E-state index in [9.17, 15) is 53.4 Å². The molecule has 3 aliphatic heterocycles. The molecule has 10 atom stereocenters. The summed E-state index contributed by atoms with van der Waals surface area (Å²) in [6.45, 7) is 13.4. The zero-order chi connectivity index (χ0) is 58.7. The van der Waals surface area contributed by atoms with E-state index in [0.717, 1.165) is 17.3 Å². The molecule has 0 aromatic heterocycles. The largest absolute Gasteiger partial charge is 0.481 e. The molecule has 7 amide bonds. The Kier molecular flexibility index (Phi) is 26.5. The number of aliphatic carboxylic acids is 2. The van der Waals surface area contributed by atoms with Gasteiger partial charge < -0.3 is 54.8 Å². The molecule has 0 bridgehead atoms. The van der Waals surface area contributed by atoms with Crippen LogP contribution in [0.1, 0.15) is 105 Å². The van der Waals surface area contributed by atoms with E-state index >= 15 is 0 Å². The van der Waals surface area contributed by atoms with Gasteiger partial charge in [0.25, 0.3) is 0 Å². The Morgan fingerprint density at radius 2 is 1.52 bits per heavy atom. The van der Waals surface area contributed by atoms with Crippen molar-refractivity contribution in [2.24, 2.45) is 28.7 Å². The number of unbranched alkanes of at least 4 members (excludes halogenated alkanes) is 2. The number of benzene rings is 1. The van der Waals surface area contributed by atoms with Crippen molar-refractivity contribution in [2.45, 2.75) is 147 Å². The van der Waals surface area contributed by atoms with Crippen LogP contribution in [-0.2, 0) is 59.0 Å². The maximum atomic E-state index is 14.8. The molecule has 0 aliphatic carbocycles. The Labute approximate surface area is 471 Å². The molecule has 1 aromatic rings. The second-order valence-corrected chi connectivity index (χ2v) is 23.0. The van der Waals surface area contributed by atoms with Crippen molar-refractivity contribution >= 4 is 71.0 Å².